The number of fused-ring (bicyclic) bond motifs is 2. The zero-order chi connectivity index (χ0) is 37.5. The van der Waals surface area contributed by atoms with E-state index in [0.717, 1.165) is 42.4 Å². The van der Waals surface area contributed by atoms with Crippen LogP contribution in [0.5, 0.6) is 11.5 Å². The second kappa shape index (κ2) is 20.2. The summed E-state index contributed by atoms with van der Waals surface area (Å²) in [7, 11) is 6.29. The normalized spacial score (nSPS) is 26.8. The second-order valence-corrected chi connectivity index (χ2v) is 13.6. The lowest BCUT2D eigenvalue weighted by atomic mass is 9.90. The number of ether oxygens (including phenoxy) is 6. The number of methoxy groups -OCH3 is 4. The van der Waals surface area contributed by atoms with Crippen LogP contribution in [-0.2, 0) is 39.8 Å². The zero-order valence-electron chi connectivity index (χ0n) is 31.5. The van der Waals surface area contributed by atoms with Gasteiger partial charge in [-0.05, 0) is 69.9 Å². The van der Waals surface area contributed by atoms with Crippen LogP contribution < -0.4 is 20.1 Å². The van der Waals surface area contributed by atoms with Crippen LogP contribution in [0.15, 0.2) is 71.9 Å². The molecule has 1 aromatic rings. The molecule has 2 amide bonds. The first-order chi connectivity index (χ1) is 25.1. The fraction of sp³-hybridized carbons (Fsp3) is 0.537. The lowest BCUT2D eigenvalue weighted by Crippen LogP contribution is -2.47. The number of hydrogen-bond donors (Lipinski definition) is 2. The van der Waals surface area contributed by atoms with Gasteiger partial charge in [0, 0.05) is 43.8 Å². The van der Waals surface area contributed by atoms with Crippen molar-refractivity contribution in [3.8, 4) is 11.5 Å². The Kier molecular flexibility index (Phi) is 15.7. The van der Waals surface area contributed by atoms with Gasteiger partial charge in [0.05, 0.1) is 38.5 Å². The smallest absolute Gasteiger partial charge is 0.332 e. The molecule has 1 heterocycles. The SMILES string of the molecule is COCO[C@H]1/C(C)=C/CCc2cc(OC)cc(c2OC)NC(=O)C[C@@H](OC)/C=C/C=C/C=C/C[C@H](OC(=O)C2(NC(=O)C3=CCCCC3)CC2)[C@H]1C. The van der Waals surface area contributed by atoms with Crippen molar-refractivity contribution in [2.24, 2.45) is 5.92 Å². The Bertz CT molecular complexity index is 1540. The molecule has 284 valence electrons. The Morgan fingerprint density at radius 3 is 2.42 bits per heavy atom. The summed E-state index contributed by atoms with van der Waals surface area (Å²) in [6.07, 6.45) is 20.3. The van der Waals surface area contributed by atoms with Crippen molar-refractivity contribution in [1.29, 1.82) is 0 Å². The van der Waals surface area contributed by atoms with Crippen molar-refractivity contribution in [3.05, 3.63) is 77.5 Å². The van der Waals surface area contributed by atoms with Crippen molar-refractivity contribution in [2.75, 3.05) is 40.5 Å². The highest BCUT2D eigenvalue weighted by Gasteiger charge is 2.54. The van der Waals surface area contributed by atoms with Crippen LogP contribution >= 0.6 is 0 Å². The lowest BCUT2D eigenvalue weighted by molar-refractivity contribution is -0.161. The summed E-state index contributed by atoms with van der Waals surface area (Å²) < 4.78 is 34.8. The molecule has 0 spiro atoms. The van der Waals surface area contributed by atoms with E-state index >= 15 is 0 Å². The molecule has 1 aliphatic heterocycles. The third kappa shape index (κ3) is 11.4. The molecule has 0 saturated heterocycles. The van der Waals surface area contributed by atoms with Gasteiger partial charge in [-0.15, -0.1) is 0 Å². The second-order valence-electron chi connectivity index (χ2n) is 13.6. The van der Waals surface area contributed by atoms with E-state index in [1.165, 1.54) is 0 Å². The van der Waals surface area contributed by atoms with Gasteiger partial charge < -0.3 is 39.1 Å². The molecular formula is C41H56N2O9. The Balaban J connectivity index is 1.64. The van der Waals surface area contributed by atoms with Crippen LogP contribution in [0.4, 0.5) is 5.69 Å². The van der Waals surface area contributed by atoms with Gasteiger partial charge in [0.2, 0.25) is 11.8 Å². The number of carbonyl (C=O) groups is 3. The van der Waals surface area contributed by atoms with Gasteiger partial charge in [-0.2, -0.15) is 0 Å². The van der Waals surface area contributed by atoms with Crippen molar-refractivity contribution in [1.82, 2.24) is 5.32 Å². The number of nitrogens with one attached hydrogen (secondary N) is 2. The number of rotatable bonds is 10. The van der Waals surface area contributed by atoms with Gasteiger partial charge in [0.1, 0.15) is 29.9 Å². The number of benzene rings is 1. The van der Waals surface area contributed by atoms with Gasteiger partial charge in [0.15, 0.2) is 0 Å². The highest BCUT2D eigenvalue weighted by Crippen LogP contribution is 2.39. The quantitative estimate of drug-likeness (QED) is 0.154. The molecule has 0 unspecified atom stereocenters. The average molecular weight is 721 g/mol. The number of aryl methyl sites for hydroxylation is 1. The third-order valence-corrected chi connectivity index (χ3v) is 9.80. The first-order valence-electron chi connectivity index (χ1n) is 18.2. The fourth-order valence-corrected chi connectivity index (χ4v) is 6.59. The van der Waals surface area contributed by atoms with E-state index in [2.05, 4.69) is 16.7 Å². The number of esters is 1. The summed E-state index contributed by atoms with van der Waals surface area (Å²) in [5.41, 5.74) is 2.06. The molecule has 4 atom stereocenters. The van der Waals surface area contributed by atoms with Crippen LogP contribution in [0, 0.1) is 5.92 Å². The van der Waals surface area contributed by atoms with Crippen LogP contribution in [-0.4, -0.2) is 76.9 Å². The fourth-order valence-electron chi connectivity index (χ4n) is 6.59. The monoisotopic (exact) mass is 720 g/mol. The third-order valence-electron chi connectivity index (χ3n) is 9.80. The predicted octanol–water partition coefficient (Wildman–Crippen LogP) is 6.68. The molecule has 1 saturated carbocycles. The maximum Gasteiger partial charge on any atom is 0.332 e. The minimum atomic E-state index is -1.01. The maximum absolute atomic E-state index is 13.8. The van der Waals surface area contributed by atoms with Gasteiger partial charge in [-0.3, -0.25) is 9.59 Å². The van der Waals surface area contributed by atoms with E-state index in [1.807, 2.05) is 62.4 Å². The largest absolute Gasteiger partial charge is 0.497 e. The van der Waals surface area contributed by atoms with E-state index in [9.17, 15) is 14.4 Å². The van der Waals surface area contributed by atoms with E-state index in [4.69, 9.17) is 28.4 Å². The summed E-state index contributed by atoms with van der Waals surface area (Å²) in [6.45, 7) is 4.06. The molecule has 2 aliphatic carbocycles. The summed E-state index contributed by atoms with van der Waals surface area (Å²) in [4.78, 5) is 40.0. The highest BCUT2D eigenvalue weighted by atomic mass is 16.7. The molecular weight excluding hydrogens is 664 g/mol. The van der Waals surface area contributed by atoms with Crippen molar-refractivity contribution in [3.63, 3.8) is 0 Å². The number of anilines is 1. The van der Waals surface area contributed by atoms with Crippen LogP contribution in [0.25, 0.3) is 0 Å². The minimum absolute atomic E-state index is 0.0517. The van der Waals surface area contributed by atoms with E-state index in [1.54, 1.807) is 34.5 Å². The first kappa shape index (κ1) is 40.6. The van der Waals surface area contributed by atoms with Crippen molar-refractivity contribution >= 4 is 23.5 Å². The van der Waals surface area contributed by atoms with Crippen molar-refractivity contribution < 1.29 is 42.8 Å². The predicted molar refractivity (Wildman–Crippen MR) is 200 cm³/mol. The number of carbonyl (C=O) groups excluding carboxylic acids is 3. The van der Waals surface area contributed by atoms with Gasteiger partial charge in [0.25, 0.3) is 0 Å². The standard InChI is InChI=1S/C41H56N2O9/c1-28-16-15-19-31-24-33(49-5)25-34(38(31)50-6)42-36(44)26-32(48-4)20-13-8-7-9-14-21-35(29(2)37(28)51-27-47-3)52-40(46)41(22-23-41)43-39(45)30-17-11-10-12-18-30/h7-9,13-14,16-17,20,24-25,29,32,35,37H,10-12,15,18-19,21-23,26-27H2,1-6H3,(H,42,44)(H,43,45)/b8-7+,14-9+,20-13+,28-16+/t29-,32+,35+,37+/m1/s1. The Morgan fingerprint density at radius 1 is 0.962 bits per heavy atom. The molecule has 11 heteroatoms. The molecule has 52 heavy (non-hydrogen) atoms. The molecule has 1 aromatic carbocycles. The summed E-state index contributed by atoms with van der Waals surface area (Å²) in [6, 6.07) is 3.65. The molecule has 1 fully saturated rings. The van der Waals surface area contributed by atoms with Gasteiger partial charge >= 0.3 is 5.97 Å². The molecule has 4 rings (SSSR count). The topological polar surface area (TPSA) is 131 Å². The van der Waals surface area contributed by atoms with Crippen molar-refractivity contribution in [2.45, 2.75) is 102 Å². The van der Waals surface area contributed by atoms with E-state index in [-0.39, 0.29) is 30.9 Å². The summed E-state index contributed by atoms with van der Waals surface area (Å²) >= 11 is 0. The lowest BCUT2D eigenvalue weighted by Gasteiger charge is -2.32. The Labute approximate surface area is 308 Å². The molecule has 0 aromatic heterocycles. The minimum Gasteiger partial charge on any atom is -0.497 e. The first-order valence-corrected chi connectivity index (χ1v) is 18.2. The summed E-state index contributed by atoms with van der Waals surface area (Å²) in [5.74, 6) is 0.0342. The zero-order valence-corrected chi connectivity index (χ0v) is 31.5. The number of hydrogen-bond acceptors (Lipinski definition) is 9. The Morgan fingerprint density at radius 2 is 1.75 bits per heavy atom. The number of amides is 2. The molecule has 3 aliphatic rings. The van der Waals surface area contributed by atoms with E-state index in [0.29, 0.717) is 49.3 Å². The highest BCUT2D eigenvalue weighted by molar-refractivity contribution is 5.99. The average Bonchev–Trinajstić information content (AvgIpc) is 3.93. The van der Waals surface area contributed by atoms with Gasteiger partial charge in [-0.1, -0.05) is 55.5 Å². The van der Waals surface area contributed by atoms with Crippen LogP contribution in [0.2, 0.25) is 0 Å². The summed E-state index contributed by atoms with van der Waals surface area (Å²) in [5, 5.41) is 5.99. The molecule has 11 nitrogen and oxygen atoms in total. The molecule has 0 radical (unpaired) electrons. The van der Waals surface area contributed by atoms with Gasteiger partial charge in [-0.25, -0.2) is 4.79 Å². The number of allylic oxidation sites excluding steroid dienone is 6. The van der Waals surface area contributed by atoms with Crippen LogP contribution in [0.1, 0.15) is 77.2 Å². The molecule has 2 N–H and O–H groups in total. The Hall–Kier alpha value is -4.19. The van der Waals surface area contributed by atoms with Crippen LogP contribution in [0.3, 0.4) is 0 Å². The maximum atomic E-state index is 13.8. The van der Waals surface area contributed by atoms with E-state index < -0.39 is 29.8 Å². The molecule has 2 bridgehead atoms.